The Morgan fingerprint density at radius 3 is 2.76 bits per heavy atom. The Labute approximate surface area is 106 Å². The van der Waals surface area contributed by atoms with Crippen molar-refractivity contribution in [1.82, 2.24) is 9.97 Å². The monoisotopic (exact) mass is 249 g/mol. The van der Waals surface area contributed by atoms with Crippen LogP contribution >= 0.6 is 11.3 Å². The summed E-state index contributed by atoms with van der Waals surface area (Å²) in [5, 5.41) is 5.60. The number of hydrogen-bond donors (Lipinski definition) is 1. The van der Waals surface area contributed by atoms with E-state index in [0.29, 0.717) is 0 Å². The van der Waals surface area contributed by atoms with Crippen LogP contribution in [-0.4, -0.2) is 16.5 Å². The van der Waals surface area contributed by atoms with E-state index in [1.807, 2.05) is 0 Å². The molecule has 92 valence electrons. The topological polar surface area (TPSA) is 37.8 Å². The molecule has 0 spiro atoms. The van der Waals surface area contributed by atoms with E-state index in [1.165, 1.54) is 23.1 Å². The summed E-state index contributed by atoms with van der Waals surface area (Å²) in [5.41, 5.74) is 2.31. The van der Waals surface area contributed by atoms with Gasteiger partial charge in [-0.1, -0.05) is 26.7 Å². The van der Waals surface area contributed by atoms with Crippen LogP contribution in [0.3, 0.4) is 0 Å². The summed E-state index contributed by atoms with van der Waals surface area (Å²) in [4.78, 5) is 8.68. The van der Waals surface area contributed by atoms with Crippen molar-refractivity contribution in [3.05, 3.63) is 17.3 Å². The summed E-state index contributed by atoms with van der Waals surface area (Å²) in [7, 11) is 0. The van der Waals surface area contributed by atoms with Gasteiger partial charge >= 0.3 is 0 Å². The van der Waals surface area contributed by atoms with Crippen molar-refractivity contribution in [3.63, 3.8) is 0 Å². The van der Waals surface area contributed by atoms with Crippen molar-refractivity contribution >= 4 is 27.4 Å². The van der Waals surface area contributed by atoms with Crippen molar-refractivity contribution in [2.45, 2.75) is 33.6 Å². The minimum atomic E-state index is 0.723. The molecule has 0 aliphatic carbocycles. The smallest absolute Gasteiger partial charge is 0.147 e. The van der Waals surface area contributed by atoms with Crippen LogP contribution in [0.2, 0.25) is 0 Å². The zero-order valence-corrected chi connectivity index (χ0v) is 11.5. The van der Waals surface area contributed by atoms with Gasteiger partial charge in [0.1, 0.15) is 12.1 Å². The molecule has 0 saturated heterocycles. The quantitative estimate of drug-likeness (QED) is 0.874. The standard InChI is InChI=1S/C13H19N3S/c1-4-10(5-2)6-14-13-12-11(15-8-16-13)9(3)7-17-12/h7-8,10H,4-6H2,1-3H3,(H,14,15,16). The van der Waals surface area contributed by atoms with Crippen molar-refractivity contribution in [2.24, 2.45) is 5.92 Å². The highest BCUT2D eigenvalue weighted by atomic mass is 32.1. The first-order chi connectivity index (χ1) is 8.26. The molecule has 3 nitrogen and oxygen atoms in total. The Kier molecular flexibility index (Phi) is 3.94. The zero-order chi connectivity index (χ0) is 12.3. The molecule has 4 heteroatoms. The third kappa shape index (κ3) is 2.57. The molecule has 0 amide bonds. The van der Waals surface area contributed by atoms with Crippen LogP contribution in [0.1, 0.15) is 32.3 Å². The van der Waals surface area contributed by atoms with Crippen LogP contribution in [0.25, 0.3) is 10.2 Å². The second-order valence-electron chi connectivity index (χ2n) is 4.38. The van der Waals surface area contributed by atoms with Crippen LogP contribution < -0.4 is 5.32 Å². The Morgan fingerprint density at radius 2 is 2.06 bits per heavy atom. The second-order valence-corrected chi connectivity index (χ2v) is 5.26. The molecular weight excluding hydrogens is 230 g/mol. The summed E-state index contributed by atoms with van der Waals surface area (Å²) in [5.74, 6) is 1.71. The maximum atomic E-state index is 4.35. The molecule has 0 fully saturated rings. The number of aromatic nitrogens is 2. The predicted octanol–water partition coefficient (Wildman–Crippen LogP) is 3.85. The molecule has 2 aromatic rings. The van der Waals surface area contributed by atoms with Crippen LogP contribution in [0.4, 0.5) is 5.82 Å². The van der Waals surface area contributed by atoms with Gasteiger partial charge in [-0.25, -0.2) is 9.97 Å². The van der Waals surface area contributed by atoms with Crippen LogP contribution in [0.15, 0.2) is 11.7 Å². The van der Waals surface area contributed by atoms with Gasteiger partial charge in [0.15, 0.2) is 0 Å². The first kappa shape index (κ1) is 12.3. The van der Waals surface area contributed by atoms with E-state index in [4.69, 9.17) is 0 Å². The Balaban J connectivity index is 2.18. The first-order valence-corrected chi connectivity index (χ1v) is 7.06. The average molecular weight is 249 g/mol. The maximum Gasteiger partial charge on any atom is 0.147 e. The number of fused-ring (bicyclic) bond motifs is 1. The maximum absolute atomic E-state index is 4.35. The van der Waals surface area contributed by atoms with Crippen molar-refractivity contribution in [1.29, 1.82) is 0 Å². The van der Waals surface area contributed by atoms with Crippen LogP contribution in [0, 0.1) is 12.8 Å². The molecule has 0 saturated carbocycles. The number of thiophene rings is 1. The van der Waals surface area contributed by atoms with Crippen LogP contribution in [-0.2, 0) is 0 Å². The second kappa shape index (κ2) is 5.45. The molecule has 0 bridgehead atoms. The third-order valence-corrected chi connectivity index (χ3v) is 4.34. The van der Waals surface area contributed by atoms with Gasteiger partial charge in [0, 0.05) is 6.54 Å². The molecule has 0 atom stereocenters. The Hall–Kier alpha value is -1.16. The van der Waals surface area contributed by atoms with E-state index >= 15 is 0 Å². The van der Waals surface area contributed by atoms with Gasteiger partial charge in [-0.2, -0.15) is 0 Å². The molecule has 1 N–H and O–H groups in total. The van der Waals surface area contributed by atoms with E-state index in [-0.39, 0.29) is 0 Å². The minimum Gasteiger partial charge on any atom is -0.369 e. The third-order valence-electron chi connectivity index (χ3n) is 3.24. The lowest BCUT2D eigenvalue weighted by Crippen LogP contribution is -2.13. The van der Waals surface area contributed by atoms with Gasteiger partial charge in [-0.3, -0.25) is 0 Å². The molecule has 2 aromatic heterocycles. The summed E-state index contributed by atoms with van der Waals surface area (Å²) in [6.07, 6.45) is 4.07. The van der Waals surface area contributed by atoms with Gasteiger partial charge in [0.25, 0.3) is 0 Å². The highest BCUT2D eigenvalue weighted by Gasteiger charge is 2.09. The molecule has 2 rings (SSSR count). The molecule has 0 aliphatic heterocycles. The minimum absolute atomic E-state index is 0.723. The van der Waals surface area contributed by atoms with E-state index in [1.54, 1.807) is 17.7 Å². The number of nitrogens with zero attached hydrogens (tertiary/aromatic N) is 2. The number of rotatable bonds is 5. The SMILES string of the molecule is CCC(CC)CNc1ncnc2c(C)csc12. The fraction of sp³-hybridized carbons (Fsp3) is 0.538. The first-order valence-electron chi connectivity index (χ1n) is 6.18. The van der Waals surface area contributed by atoms with Crippen molar-refractivity contribution < 1.29 is 0 Å². The van der Waals surface area contributed by atoms with Gasteiger partial charge in [-0.05, 0) is 23.8 Å². The van der Waals surface area contributed by atoms with Gasteiger partial charge in [-0.15, -0.1) is 11.3 Å². The highest BCUT2D eigenvalue weighted by Crippen LogP contribution is 2.28. The summed E-state index contributed by atoms with van der Waals surface area (Å²) in [6.45, 7) is 7.56. The average Bonchev–Trinajstić information content (AvgIpc) is 2.73. The number of nitrogens with one attached hydrogen (secondary N) is 1. The number of anilines is 1. The number of hydrogen-bond acceptors (Lipinski definition) is 4. The normalized spacial score (nSPS) is 11.3. The van der Waals surface area contributed by atoms with E-state index in [0.717, 1.165) is 23.8 Å². The van der Waals surface area contributed by atoms with Crippen LogP contribution in [0.5, 0.6) is 0 Å². The zero-order valence-electron chi connectivity index (χ0n) is 10.7. The highest BCUT2D eigenvalue weighted by molar-refractivity contribution is 7.18. The summed E-state index contributed by atoms with van der Waals surface area (Å²) in [6, 6.07) is 0. The van der Waals surface area contributed by atoms with E-state index < -0.39 is 0 Å². The largest absolute Gasteiger partial charge is 0.369 e. The van der Waals surface area contributed by atoms with Crippen molar-refractivity contribution in [3.8, 4) is 0 Å². The fourth-order valence-corrected chi connectivity index (χ4v) is 2.88. The molecule has 0 aliphatic rings. The summed E-state index contributed by atoms with van der Waals surface area (Å²) >= 11 is 1.72. The lowest BCUT2D eigenvalue weighted by molar-refractivity contribution is 0.518. The summed E-state index contributed by atoms with van der Waals surface area (Å²) < 4.78 is 1.18. The van der Waals surface area contributed by atoms with Gasteiger partial charge < -0.3 is 5.32 Å². The number of aryl methyl sites for hydroxylation is 1. The van der Waals surface area contributed by atoms with Gasteiger partial charge in [0.2, 0.25) is 0 Å². The Bertz CT molecular complexity index is 488. The molecule has 0 unspecified atom stereocenters. The van der Waals surface area contributed by atoms with Gasteiger partial charge in [0.05, 0.1) is 10.2 Å². The van der Waals surface area contributed by atoms with Crippen molar-refractivity contribution in [2.75, 3.05) is 11.9 Å². The van der Waals surface area contributed by atoms with E-state index in [9.17, 15) is 0 Å². The molecule has 0 aromatic carbocycles. The predicted molar refractivity (Wildman–Crippen MR) is 74.7 cm³/mol. The molecule has 17 heavy (non-hydrogen) atoms. The molecular formula is C13H19N3S. The fourth-order valence-electron chi connectivity index (χ4n) is 1.91. The van der Waals surface area contributed by atoms with E-state index in [2.05, 4.69) is 41.4 Å². The lowest BCUT2D eigenvalue weighted by atomic mass is 10.0. The molecule has 2 heterocycles. The Morgan fingerprint density at radius 1 is 1.29 bits per heavy atom. The lowest BCUT2D eigenvalue weighted by Gasteiger charge is -2.13. The molecule has 0 radical (unpaired) electrons.